The molecule has 68 valence electrons. The van der Waals surface area contributed by atoms with Crippen molar-refractivity contribution in [3.8, 4) is 6.07 Å². The van der Waals surface area contributed by atoms with Gasteiger partial charge in [0.25, 0.3) is 0 Å². The molecule has 1 rings (SSSR count). The minimum absolute atomic E-state index is 0.248. The third-order valence-corrected chi connectivity index (χ3v) is 1.79. The van der Waals surface area contributed by atoms with Crippen molar-refractivity contribution in [2.24, 2.45) is 0 Å². The zero-order valence-electron chi connectivity index (χ0n) is 7.47. The van der Waals surface area contributed by atoms with Gasteiger partial charge in [0.1, 0.15) is 12.7 Å². The van der Waals surface area contributed by atoms with E-state index < -0.39 is 6.67 Å². The van der Waals surface area contributed by atoms with Crippen LogP contribution in [0.4, 0.5) is 10.1 Å². The highest BCUT2D eigenvalue weighted by Gasteiger charge is 2.02. The predicted molar refractivity (Wildman–Crippen MR) is 50.4 cm³/mol. The molecule has 0 fully saturated rings. The number of nitrogens with one attached hydrogen (secondary N) is 1. The Balaban J connectivity index is 2.93. The second-order valence-electron chi connectivity index (χ2n) is 2.73. The lowest BCUT2D eigenvalue weighted by atomic mass is 10.1. The molecule has 0 spiro atoms. The summed E-state index contributed by atoms with van der Waals surface area (Å²) in [6.07, 6.45) is 0. The molecule has 0 heterocycles. The summed E-state index contributed by atoms with van der Waals surface area (Å²) in [5.74, 6) is 0. The van der Waals surface area contributed by atoms with Crippen LogP contribution in [0.3, 0.4) is 0 Å². The van der Waals surface area contributed by atoms with Gasteiger partial charge in [-0.05, 0) is 18.6 Å². The van der Waals surface area contributed by atoms with E-state index in [2.05, 4.69) is 11.4 Å². The van der Waals surface area contributed by atoms with E-state index in [1.807, 2.05) is 19.1 Å². The maximum absolute atomic E-state index is 11.9. The fourth-order valence-corrected chi connectivity index (χ4v) is 1.15. The number of aryl methyl sites for hydroxylation is 1. The Bertz CT molecular complexity index is 328. The highest BCUT2D eigenvalue weighted by Crippen LogP contribution is 2.17. The Morgan fingerprint density at radius 1 is 1.54 bits per heavy atom. The largest absolute Gasteiger partial charge is 0.381 e. The number of hydrogen-bond acceptors (Lipinski definition) is 2. The molecule has 0 amide bonds. The minimum atomic E-state index is -0.432. The molecule has 0 saturated carbocycles. The predicted octanol–water partition coefficient (Wildman–Crippen LogP) is 2.25. The second-order valence-corrected chi connectivity index (χ2v) is 2.73. The maximum atomic E-state index is 11.9. The van der Waals surface area contributed by atoms with Gasteiger partial charge in [0.2, 0.25) is 0 Å². The van der Waals surface area contributed by atoms with Gasteiger partial charge in [0.05, 0.1) is 11.3 Å². The first-order valence-electron chi connectivity index (χ1n) is 4.09. The van der Waals surface area contributed by atoms with Gasteiger partial charge in [-0.2, -0.15) is 5.26 Å². The molecule has 0 aromatic heterocycles. The fourth-order valence-electron chi connectivity index (χ4n) is 1.15. The maximum Gasteiger partial charge on any atom is 0.107 e. The van der Waals surface area contributed by atoms with Crippen molar-refractivity contribution in [3.63, 3.8) is 0 Å². The van der Waals surface area contributed by atoms with Crippen LogP contribution in [0.2, 0.25) is 0 Å². The molecular formula is C10H11FN2. The normalized spacial score (nSPS) is 9.31. The number of halogens is 1. The van der Waals surface area contributed by atoms with Crippen molar-refractivity contribution >= 4 is 5.69 Å². The lowest BCUT2D eigenvalue weighted by Gasteiger charge is -2.07. The number of anilines is 1. The zero-order valence-corrected chi connectivity index (χ0v) is 7.47. The average molecular weight is 178 g/mol. The number of alkyl halides is 1. The molecule has 0 atom stereocenters. The van der Waals surface area contributed by atoms with E-state index in [1.54, 1.807) is 6.07 Å². The summed E-state index contributed by atoms with van der Waals surface area (Å²) in [7, 11) is 0. The Morgan fingerprint density at radius 3 is 2.92 bits per heavy atom. The van der Waals surface area contributed by atoms with Crippen LogP contribution in [0.15, 0.2) is 18.2 Å². The van der Waals surface area contributed by atoms with Gasteiger partial charge in [0.15, 0.2) is 0 Å². The standard InChI is InChI=1S/C10H11FN2/c1-8-3-2-4-10(9(8)7-12)13-6-5-11/h2-4,13H,5-6H2,1H3. The molecule has 3 heteroatoms. The fraction of sp³-hybridized carbons (Fsp3) is 0.300. The molecule has 0 aliphatic carbocycles. The molecule has 0 aliphatic rings. The van der Waals surface area contributed by atoms with Crippen LogP contribution in [0.5, 0.6) is 0 Å². The van der Waals surface area contributed by atoms with Crippen LogP contribution >= 0.6 is 0 Å². The smallest absolute Gasteiger partial charge is 0.107 e. The summed E-state index contributed by atoms with van der Waals surface area (Å²) < 4.78 is 11.9. The van der Waals surface area contributed by atoms with Crippen LogP contribution in [-0.2, 0) is 0 Å². The molecule has 0 bridgehead atoms. The second kappa shape index (κ2) is 4.46. The first-order chi connectivity index (χ1) is 6.29. The molecule has 0 aliphatic heterocycles. The Kier molecular flexibility index (Phi) is 3.27. The zero-order chi connectivity index (χ0) is 9.68. The first-order valence-corrected chi connectivity index (χ1v) is 4.09. The van der Waals surface area contributed by atoms with Crippen molar-refractivity contribution in [3.05, 3.63) is 29.3 Å². The molecule has 13 heavy (non-hydrogen) atoms. The van der Waals surface area contributed by atoms with Gasteiger partial charge >= 0.3 is 0 Å². The highest BCUT2D eigenvalue weighted by molar-refractivity contribution is 5.60. The van der Waals surface area contributed by atoms with Gasteiger partial charge in [0, 0.05) is 6.54 Å². The number of rotatable bonds is 3. The van der Waals surface area contributed by atoms with E-state index in [4.69, 9.17) is 5.26 Å². The van der Waals surface area contributed by atoms with Crippen molar-refractivity contribution in [2.45, 2.75) is 6.92 Å². The molecule has 1 N–H and O–H groups in total. The lowest BCUT2D eigenvalue weighted by Crippen LogP contribution is -2.05. The summed E-state index contributed by atoms with van der Waals surface area (Å²) in [5.41, 5.74) is 2.21. The molecular weight excluding hydrogens is 167 g/mol. The van der Waals surface area contributed by atoms with E-state index in [-0.39, 0.29) is 6.54 Å². The van der Waals surface area contributed by atoms with Crippen LogP contribution in [0.25, 0.3) is 0 Å². The summed E-state index contributed by atoms with van der Waals surface area (Å²) in [5, 5.41) is 11.7. The first kappa shape index (κ1) is 9.53. The molecule has 0 radical (unpaired) electrons. The van der Waals surface area contributed by atoms with Crippen LogP contribution in [0.1, 0.15) is 11.1 Å². The third-order valence-electron chi connectivity index (χ3n) is 1.79. The molecule has 0 saturated heterocycles. The summed E-state index contributed by atoms with van der Waals surface area (Å²) in [6, 6.07) is 7.57. The average Bonchev–Trinajstić information content (AvgIpc) is 2.15. The SMILES string of the molecule is Cc1cccc(NCCF)c1C#N. The van der Waals surface area contributed by atoms with E-state index in [9.17, 15) is 4.39 Å². The third kappa shape index (κ3) is 2.19. The summed E-state index contributed by atoms with van der Waals surface area (Å²) in [6.45, 7) is 1.68. The van der Waals surface area contributed by atoms with E-state index in [0.717, 1.165) is 5.56 Å². The van der Waals surface area contributed by atoms with Crippen molar-refractivity contribution < 1.29 is 4.39 Å². The highest BCUT2D eigenvalue weighted by atomic mass is 19.1. The Morgan fingerprint density at radius 2 is 2.31 bits per heavy atom. The Labute approximate surface area is 77.0 Å². The van der Waals surface area contributed by atoms with Crippen molar-refractivity contribution in [1.82, 2.24) is 0 Å². The number of nitrogens with zero attached hydrogens (tertiary/aromatic N) is 1. The monoisotopic (exact) mass is 178 g/mol. The summed E-state index contributed by atoms with van der Waals surface area (Å²) in [4.78, 5) is 0. The van der Waals surface area contributed by atoms with Gasteiger partial charge in [-0.1, -0.05) is 12.1 Å². The topological polar surface area (TPSA) is 35.8 Å². The van der Waals surface area contributed by atoms with Gasteiger partial charge in [-0.25, -0.2) is 4.39 Å². The number of hydrogen-bond donors (Lipinski definition) is 1. The van der Waals surface area contributed by atoms with Crippen molar-refractivity contribution in [1.29, 1.82) is 5.26 Å². The van der Waals surface area contributed by atoms with Gasteiger partial charge in [-0.15, -0.1) is 0 Å². The number of benzene rings is 1. The molecule has 1 aromatic carbocycles. The quantitative estimate of drug-likeness (QED) is 0.770. The number of nitriles is 1. The molecule has 2 nitrogen and oxygen atoms in total. The lowest BCUT2D eigenvalue weighted by molar-refractivity contribution is 0.513. The van der Waals surface area contributed by atoms with Gasteiger partial charge in [-0.3, -0.25) is 0 Å². The molecule has 1 aromatic rings. The summed E-state index contributed by atoms with van der Waals surface area (Å²) >= 11 is 0. The van der Waals surface area contributed by atoms with Crippen molar-refractivity contribution in [2.75, 3.05) is 18.5 Å². The minimum Gasteiger partial charge on any atom is -0.381 e. The van der Waals surface area contributed by atoms with E-state index in [1.165, 1.54) is 0 Å². The van der Waals surface area contributed by atoms with Gasteiger partial charge < -0.3 is 5.32 Å². The van der Waals surface area contributed by atoms with E-state index >= 15 is 0 Å². The molecule has 0 unspecified atom stereocenters. The Hall–Kier alpha value is -1.56. The van der Waals surface area contributed by atoms with E-state index in [0.29, 0.717) is 11.3 Å². The van der Waals surface area contributed by atoms with Crippen LogP contribution in [0, 0.1) is 18.3 Å². The van der Waals surface area contributed by atoms with Crippen LogP contribution in [-0.4, -0.2) is 13.2 Å². The van der Waals surface area contributed by atoms with Crippen LogP contribution < -0.4 is 5.32 Å².